The summed E-state index contributed by atoms with van der Waals surface area (Å²) < 4.78 is 14.5. The number of nitriles is 1. The lowest BCUT2D eigenvalue weighted by Gasteiger charge is -2.26. The summed E-state index contributed by atoms with van der Waals surface area (Å²) in [6.45, 7) is 3.86. The first-order chi connectivity index (χ1) is 13.0. The number of benzene rings is 2. The van der Waals surface area contributed by atoms with Crippen molar-refractivity contribution in [2.75, 3.05) is 27.2 Å². The normalized spacial score (nSPS) is 25.0. The lowest BCUT2D eigenvalue weighted by molar-refractivity contribution is 0.213. The van der Waals surface area contributed by atoms with E-state index in [1.807, 2.05) is 19.1 Å². The van der Waals surface area contributed by atoms with Crippen molar-refractivity contribution in [1.82, 2.24) is 9.80 Å². The Labute approximate surface area is 161 Å². The summed E-state index contributed by atoms with van der Waals surface area (Å²) in [5, 5.41) is 9.22. The van der Waals surface area contributed by atoms with Crippen LogP contribution in [0.4, 0.5) is 4.39 Å². The molecule has 1 aliphatic heterocycles. The standard InChI is InChI=1S/C23H26FN3/c1-15-11-17(7-8-18(15)12-25)19-13-27(14-22(19)26(2)3)21-10-9-16-5-4-6-20(24)23(16)21/h4-8,11,19,21-22H,9-10,13-14H2,1-3H3/t19-,21?,22+/m1/s1. The van der Waals surface area contributed by atoms with E-state index in [9.17, 15) is 9.65 Å². The van der Waals surface area contributed by atoms with Crippen LogP contribution in [0.25, 0.3) is 0 Å². The summed E-state index contributed by atoms with van der Waals surface area (Å²) in [6.07, 6.45) is 1.96. The van der Waals surface area contributed by atoms with Crippen LogP contribution in [-0.4, -0.2) is 43.0 Å². The van der Waals surface area contributed by atoms with E-state index in [2.05, 4.69) is 48.2 Å². The van der Waals surface area contributed by atoms with Crippen LogP contribution in [0.2, 0.25) is 0 Å². The summed E-state index contributed by atoms with van der Waals surface area (Å²) in [4.78, 5) is 4.76. The maximum Gasteiger partial charge on any atom is 0.128 e. The fourth-order valence-corrected chi connectivity index (χ4v) is 4.94. The third-order valence-corrected chi connectivity index (χ3v) is 6.38. The third-order valence-electron chi connectivity index (χ3n) is 6.38. The van der Waals surface area contributed by atoms with E-state index >= 15 is 0 Å². The molecular weight excluding hydrogens is 337 g/mol. The summed E-state index contributed by atoms with van der Waals surface area (Å²) >= 11 is 0. The number of nitrogens with zero attached hydrogens (tertiary/aromatic N) is 3. The molecule has 4 rings (SSSR count). The van der Waals surface area contributed by atoms with Gasteiger partial charge in [0.25, 0.3) is 0 Å². The largest absolute Gasteiger partial charge is 0.305 e. The predicted octanol–water partition coefficient (Wildman–Crippen LogP) is 4.02. The molecule has 0 saturated carbocycles. The first-order valence-electron chi connectivity index (χ1n) is 9.68. The van der Waals surface area contributed by atoms with Crippen LogP contribution in [0.1, 0.15) is 46.2 Å². The average Bonchev–Trinajstić information content (AvgIpc) is 3.26. The molecule has 3 nitrogen and oxygen atoms in total. The Bertz CT molecular complexity index is 899. The van der Waals surface area contributed by atoms with E-state index in [0.717, 1.165) is 42.6 Å². The quantitative estimate of drug-likeness (QED) is 0.825. The number of hydrogen-bond donors (Lipinski definition) is 0. The zero-order chi connectivity index (χ0) is 19.1. The molecule has 4 heteroatoms. The van der Waals surface area contributed by atoms with Crippen molar-refractivity contribution in [2.45, 2.75) is 37.8 Å². The maximum atomic E-state index is 14.5. The van der Waals surface area contributed by atoms with Crippen LogP contribution in [0, 0.1) is 24.1 Å². The summed E-state index contributed by atoms with van der Waals surface area (Å²) in [5.41, 5.74) is 5.12. The van der Waals surface area contributed by atoms with Crippen molar-refractivity contribution in [3.8, 4) is 6.07 Å². The number of rotatable bonds is 3. The Balaban J connectivity index is 1.64. The minimum Gasteiger partial charge on any atom is -0.305 e. The highest BCUT2D eigenvalue weighted by molar-refractivity contribution is 5.42. The van der Waals surface area contributed by atoms with Crippen LogP contribution in [0.5, 0.6) is 0 Å². The number of aryl methyl sites for hydroxylation is 2. The summed E-state index contributed by atoms with van der Waals surface area (Å²) in [7, 11) is 4.25. The first kappa shape index (κ1) is 18.2. The highest BCUT2D eigenvalue weighted by Gasteiger charge is 2.41. The molecule has 0 spiro atoms. The van der Waals surface area contributed by atoms with E-state index in [-0.39, 0.29) is 11.9 Å². The van der Waals surface area contributed by atoms with Crippen LogP contribution >= 0.6 is 0 Å². The molecule has 0 N–H and O–H groups in total. The number of likely N-dealkylation sites (N-methyl/N-ethyl adjacent to an activating group) is 1. The fourth-order valence-electron chi connectivity index (χ4n) is 4.94. The molecule has 1 fully saturated rings. The van der Waals surface area contributed by atoms with Gasteiger partial charge in [-0.1, -0.05) is 24.3 Å². The van der Waals surface area contributed by atoms with Gasteiger partial charge in [-0.2, -0.15) is 5.26 Å². The number of hydrogen-bond acceptors (Lipinski definition) is 3. The minimum absolute atomic E-state index is 0.0610. The van der Waals surface area contributed by atoms with Gasteiger partial charge in [0.15, 0.2) is 0 Å². The SMILES string of the molecule is Cc1cc([C@H]2CN(C3CCc4cccc(F)c43)C[C@@H]2N(C)C)ccc1C#N. The molecule has 27 heavy (non-hydrogen) atoms. The van der Waals surface area contributed by atoms with Gasteiger partial charge in [-0.3, -0.25) is 4.90 Å². The fraction of sp³-hybridized carbons (Fsp3) is 0.435. The Hall–Kier alpha value is -2.22. The van der Waals surface area contributed by atoms with Gasteiger partial charge >= 0.3 is 0 Å². The molecule has 2 aromatic rings. The molecule has 1 saturated heterocycles. The monoisotopic (exact) mass is 363 g/mol. The van der Waals surface area contributed by atoms with Crippen LogP contribution < -0.4 is 0 Å². The van der Waals surface area contributed by atoms with Gasteiger partial charge in [-0.05, 0) is 62.7 Å². The summed E-state index contributed by atoms with van der Waals surface area (Å²) in [6, 6.07) is 14.5. The molecule has 3 atom stereocenters. The van der Waals surface area contributed by atoms with Gasteiger partial charge in [0, 0.05) is 36.7 Å². The molecule has 2 aromatic carbocycles. The predicted molar refractivity (Wildman–Crippen MR) is 105 cm³/mol. The van der Waals surface area contributed by atoms with E-state index in [0.29, 0.717) is 12.0 Å². The Morgan fingerprint density at radius 2 is 2.00 bits per heavy atom. The molecule has 0 bridgehead atoms. The zero-order valence-electron chi connectivity index (χ0n) is 16.2. The number of fused-ring (bicyclic) bond motifs is 1. The second-order valence-electron chi connectivity index (χ2n) is 8.14. The smallest absolute Gasteiger partial charge is 0.128 e. The van der Waals surface area contributed by atoms with Gasteiger partial charge < -0.3 is 4.90 Å². The molecule has 1 heterocycles. The second-order valence-corrected chi connectivity index (χ2v) is 8.14. The molecule has 140 valence electrons. The van der Waals surface area contributed by atoms with Gasteiger partial charge in [0.2, 0.25) is 0 Å². The van der Waals surface area contributed by atoms with E-state index in [4.69, 9.17) is 0 Å². The van der Waals surface area contributed by atoms with Crippen molar-refractivity contribution in [2.24, 2.45) is 0 Å². The molecule has 1 unspecified atom stereocenters. The molecule has 0 aromatic heterocycles. The molecular formula is C23H26FN3. The van der Waals surface area contributed by atoms with Gasteiger partial charge in [0.05, 0.1) is 11.6 Å². The zero-order valence-corrected chi connectivity index (χ0v) is 16.2. The molecule has 1 aliphatic carbocycles. The van der Waals surface area contributed by atoms with Crippen molar-refractivity contribution in [3.05, 3.63) is 70.0 Å². The van der Waals surface area contributed by atoms with E-state index in [1.165, 1.54) is 11.1 Å². The Morgan fingerprint density at radius 3 is 2.70 bits per heavy atom. The van der Waals surface area contributed by atoms with Gasteiger partial charge in [0.1, 0.15) is 5.82 Å². The first-order valence-corrected chi connectivity index (χ1v) is 9.68. The lowest BCUT2D eigenvalue weighted by Crippen LogP contribution is -2.35. The van der Waals surface area contributed by atoms with Crippen LogP contribution in [-0.2, 0) is 6.42 Å². The van der Waals surface area contributed by atoms with Crippen molar-refractivity contribution >= 4 is 0 Å². The third kappa shape index (κ3) is 3.16. The topological polar surface area (TPSA) is 30.3 Å². The average molecular weight is 363 g/mol. The van der Waals surface area contributed by atoms with Crippen molar-refractivity contribution < 1.29 is 4.39 Å². The van der Waals surface area contributed by atoms with Crippen molar-refractivity contribution in [1.29, 1.82) is 5.26 Å². The molecule has 0 amide bonds. The van der Waals surface area contributed by atoms with E-state index < -0.39 is 0 Å². The lowest BCUT2D eigenvalue weighted by atomic mass is 9.91. The van der Waals surface area contributed by atoms with Crippen LogP contribution in [0.3, 0.4) is 0 Å². The Kier molecular flexibility index (Phi) is 4.75. The second kappa shape index (κ2) is 7.07. The van der Waals surface area contributed by atoms with Gasteiger partial charge in [-0.15, -0.1) is 0 Å². The van der Waals surface area contributed by atoms with E-state index in [1.54, 1.807) is 6.07 Å². The Morgan fingerprint density at radius 1 is 1.19 bits per heavy atom. The molecule has 0 radical (unpaired) electrons. The highest BCUT2D eigenvalue weighted by Crippen LogP contribution is 2.42. The van der Waals surface area contributed by atoms with Crippen molar-refractivity contribution in [3.63, 3.8) is 0 Å². The number of likely N-dealkylation sites (tertiary alicyclic amines) is 1. The van der Waals surface area contributed by atoms with Gasteiger partial charge in [-0.25, -0.2) is 4.39 Å². The summed E-state index contributed by atoms with van der Waals surface area (Å²) in [5.74, 6) is 0.302. The van der Waals surface area contributed by atoms with Crippen LogP contribution in [0.15, 0.2) is 36.4 Å². The number of halogens is 1. The molecule has 2 aliphatic rings. The minimum atomic E-state index is -0.0610. The maximum absolute atomic E-state index is 14.5. The highest BCUT2D eigenvalue weighted by atomic mass is 19.1.